The highest BCUT2D eigenvalue weighted by Crippen LogP contribution is 2.24. The van der Waals surface area contributed by atoms with E-state index in [-0.39, 0.29) is 11.7 Å². The molecule has 0 saturated heterocycles. The van der Waals surface area contributed by atoms with Gasteiger partial charge >= 0.3 is 0 Å². The molecule has 0 aliphatic heterocycles. The Kier molecular flexibility index (Phi) is 5.76. The monoisotopic (exact) mass is 408 g/mol. The SMILES string of the molecule is CCn1c(SCC(=O)NCc2cnn(-c3ccccc3)c2)nnc1-c1ccco1. The van der Waals surface area contributed by atoms with Crippen molar-refractivity contribution >= 4 is 17.7 Å². The number of amides is 1. The molecule has 4 aromatic rings. The molecule has 1 amide bonds. The summed E-state index contributed by atoms with van der Waals surface area (Å²) in [6, 6.07) is 13.5. The highest BCUT2D eigenvalue weighted by atomic mass is 32.2. The van der Waals surface area contributed by atoms with Crippen LogP contribution in [0.25, 0.3) is 17.3 Å². The summed E-state index contributed by atoms with van der Waals surface area (Å²) in [6.07, 6.45) is 5.26. The van der Waals surface area contributed by atoms with Gasteiger partial charge in [-0.25, -0.2) is 4.68 Å². The van der Waals surface area contributed by atoms with E-state index in [9.17, 15) is 4.79 Å². The fraction of sp³-hybridized carbons (Fsp3) is 0.200. The molecule has 0 saturated carbocycles. The summed E-state index contributed by atoms with van der Waals surface area (Å²) in [5.41, 5.74) is 1.91. The van der Waals surface area contributed by atoms with Crippen LogP contribution >= 0.6 is 11.8 Å². The number of nitrogens with one attached hydrogen (secondary N) is 1. The largest absolute Gasteiger partial charge is 0.461 e. The second kappa shape index (κ2) is 8.78. The van der Waals surface area contributed by atoms with E-state index in [0.717, 1.165) is 11.3 Å². The molecule has 8 nitrogen and oxygen atoms in total. The van der Waals surface area contributed by atoms with Gasteiger partial charge in [-0.1, -0.05) is 30.0 Å². The Balaban J connectivity index is 1.32. The van der Waals surface area contributed by atoms with Gasteiger partial charge in [0, 0.05) is 24.8 Å². The number of aromatic nitrogens is 5. The molecule has 29 heavy (non-hydrogen) atoms. The number of hydrogen-bond donors (Lipinski definition) is 1. The third-order valence-corrected chi connectivity index (χ3v) is 5.22. The number of benzene rings is 1. The van der Waals surface area contributed by atoms with Crippen LogP contribution in [0.2, 0.25) is 0 Å². The fourth-order valence-electron chi connectivity index (χ4n) is 2.82. The van der Waals surface area contributed by atoms with Crippen LogP contribution in [0.4, 0.5) is 0 Å². The number of hydrogen-bond acceptors (Lipinski definition) is 6. The van der Waals surface area contributed by atoms with Crippen molar-refractivity contribution in [3.8, 4) is 17.3 Å². The zero-order valence-electron chi connectivity index (χ0n) is 15.9. The molecule has 0 aliphatic rings. The Hall–Kier alpha value is -3.33. The third kappa shape index (κ3) is 4.40. The maximum absolute atomic E-state index is 12.3. The molecule has 3 heterocycles. The van der Waals surface area contributed by atoms with Crippen molar-refractivity contribution in [3.63, 3.8) is 0 Å². The molecule has 3 aromatic heterocycles. The zero-order chi connectivity index (χ0) is 20.1. The summed E-state index contributed by atoms with van der Waals surface area (Å²) in [5.74, 6) is 1.50. The summed E-state index contributed by atoms with van der Waals surface area (Å²) in [4.78, 5) is 12.3. The van der Waals surface area contributed by atoms with Crippen LogP contribution in [-0.2, 0) is 17.9 Å². The van der Waals surface area contributed by atoms with E-state index < -0.39 is 0 Å². The summed E-state index contributed by atoms with van der Waals surface area (Å²) in [5, 5.41) is 16.3. The third-order valence-electron chi connectivity index (χ3n) is 4.25. The van der Waals surface area contributed by atoms with Gasteiger partial charge in [-0.05, 0) is 31.2 Å². The highest BCUT2D eigenvalue weighted by Gasteiger charge is 2.16. The quantitative estimate of drug-likeness (QED) is 0.451. The zero-order valence-corrected chi connectivity index (χ0v) is 16.7. The normalized spacial score (nSPS) is 10.9. The minimum atomic E-state index is -0.0762. The van der Waals surface area contributed by atoms with E-state index >= 15 is 0 Å². The van der Waals surface area contributed by atoms with Gasteiger partial charge in [-0.3, -0.25) is 9.36 Å². The van der Waals surface area contributed by atoms with E-state index in [2.05, 4.69) is 20.6 Å². The minimum Gasteiger partial charge on any atom is -0.461 e. The molecular formula is C20H20N6O2S. The van der Waals surface area contributed by atoms with Crippen LogP contribution in [0.3, 0.4) is 0 Å². The molecule has 4 rings (SSSR count). The fourth-order valence-corrected chi connectivity index (χ4v) is 3.66. The molecular weight excluding hydrogens is 388 g/mol. The van der Waals surface area contributed by atoms with E-state index in [1.807, 2.05) is 60.2 Å². The van der Waals surface area contributed by atoms with E-state index in [0.29, 0.717) is 29.8 Å². The van der Waals surface area contributed by atoms with Crippen molar-refractivity contribution in [2.45, 2.75) is 25.2 Å². The standard InChI is InChI=1S/C20H20N6O2S/c1-2-25-19(17-9-6-10-28-17)23-24-20(25)29-14-18(27)21-11-15-12-22-26(13-15)16-7-4-3-5-8-16/h3-10,12-13H,2,11,14H2,1H3,(H,21,27). The van der Waals surface area contributed by atoms with Crippen molar-refractivity contribution in [1.82, 2.24) is 29.9 Å². The Morgan fingerprint density at radius 3 is 2.79 bits per heavy atom. The maximum atomic E-state index is 12.3. The lowest BCUT2D eigenvalue weighted by atomic mass is 10.3. The summed E-state index contributed by atoms with van der Waals surface area (Å²) >= 11 is 1.35. The van der Waals surface area contributed by atoms with Crippen LogP contribution in [0, 0.1) is 0 Å². The number of carbonyl (C=O) groups excluding carboxylic acids is 1. The van der Waals surface area contributed by atoms with Gasteiger partial charge in [0.05, 0.1) is 23.9 Å². The molecule has 0 spiro atoms. The Morgan fingerprint density at radius 1 is 1.17 bits per heavy atom. The predicted molar refractivity (Wildman–Crippen MR) is 110 cm³/mol. The van der Waals surface area contributed by atoms with Crippen LogP contribution in [0.5, 0.6) is 0 Å². The lowest BCUT2D eigenvalue weighted by Crippen LogP contribution is -2.24. The van der Waals surface area contributed by atoms with Crippen molar-refractivity contribution in [2.24, 2.45) is 0 Å². The average molecular weight is 408 g/mol. The molecule has 0 bridgehead atoms. The van der Waals surface area contributed by atoms with E-state index in [4.69, 9.17) is 4.42 Å². The smallest absolute Gasteiger partial charge is 0.230 e. The first-order valence-electron chi connectivity index (χ1n) is 9.20. The molecule has 0 unspecified atom stereocenters. The first-order chi connectivity index (χ1) is 14.2. The van der Waals surface area contributed by atoms with Gasteiger partial charge in [0.1, 0.15) is 0 Å². The lowest BCUT2D eigenvalue weighted by Gasteiger charge is -2.06. The molecule has 1 N–H and O–H groups in total. The predicted octanol–water partition coefficient (Wildman–Crippen LogP) is 3.15. The van der Waals surface area contributed by atoms with Gasteiger partial charge in [0.25, 0.3) is 0 Å². The Morgan fingerprint density at radius 2 is 2.03 bits per heavy atom. The van der Waals surface area contributed by atoms with Gasteiger partial charge < -0.3 is 9.73 Å². The van der Waals surface area contributed by atoms with Crippen molar-refractivity contribution < 1.29 is 9.21 Å². The Bertz CT molecular complexity index is 1070. The molecule has 1 aromatic carbocycles. The van der Waals surface area contributed by atoms with Gasteiger partial charge in [-0.15, -0.1) is 10.2 Å². The molecule has 0 atom stereocenters. The number of thioether (sulfide) groups is 1. The maximum Gasteiger partial charge on any atom is 0.230 e. The molecule has 0 radical (unpaired) electrons. The van der Waals surface area contributed by atoms with Crippen LogP contribution in [0.1, 0.15) is 12.5 Å². The van der Waals surface area contributed by atoms with Gasteiger partial charge in [-0.2, -0.15) is 5.10 Å². The molecule has 148 valence electrons. The summed E-state index contributed by atoms with van der Waals surface area (Å²) in [7, 11) is 0. The number of para-hydroxylation sites is 1. The van der Waals surface area contributed by atoms with Crippen molar-refractivity contribution in [3.05, 3.63) is 66.7 Å². The summed E-state index contributed by atoms with van der Waals surface area (Å²) < 4.78 is 9.12. The van der Waals surface area contributed by atoms with Crippen LogP contribution in [0.15, 0.2) is 70.7 Å². The molecule has 9 heteroatoms. The van der Waals surface area contributed by atoms with Crippen LogP contribution < -0.4 is 5.32 Å². The van der Waals surface area contributed by atoms with E-state index in [1.165, 1.54) is 11.8 Å². The highest BCUT2D eigenvalue weighted by molar-refractivity contribution is 7.99. The first-order valence-corrected chi connectivity index (χ1v) is 10.2. The topological polar surface area (TPSA) is 90.8 Å². The first kappa shape index (κ1) is 19.0. The number of rotatable bonds is 8. The number of carbonyl (C=O) groups is 1. The molecule has 0 aliphatic carbocycles. The van der Waals surface area contributed by atoms with Crippen LogP contribution in [-0.4, -0.2) is 36.2 Å². The average Bonchev–Trinajstić information content (AvgIpc) is 3.51. The van der Waals surface area contributed by atoms with Crippen molar-refractivity contribution in [1.29, 1.82) is 0 Å². The minimum absolute atomic E-state index is 0.0762. The van der Waals surface area contributed by atoms with E-state index in [1.54, 1.807) is 17.1 Å². The Labute approximate surface area is 171 Å². The number of nitrogens with zero attached hydrogens (tertiary/aromatic N) is 5. The second-order valence-corrected chi connectivity index (χ2v) is 7.16. The second-order valence-electron chi connectivity index (χ2n) is 6.22. The number of furan rings is 1. The lowest BCUT2D eigenvalue weighted by molar-refractivity contribution is -0.118. The van der Waals surface area contributed by atoms with Crippen molar-refractivity contribution in [2.75, 3.05) is 5.75 Å². The van der Waals surface area contributed by atoms with Gasteiger partial charge in [0.2, 0.25) is 5.91 Å². The molecule has 0 fully saturated rings. The summed E-state index contributed by atoms with van der Waals surface area (Å²) in [6.45, 7) is 3.11. The van der Waals surface area contributed by atoms with Gasteiger partial charge in [0.15, 0.2) is 16.7 Å².